The molecule has 0 atom stereocenters. The van der Waals surface area contributed by atoms with Crippen LogP contribution in [0.15, 0.2) is 24.3 Å². The smallest absolute Gasteiger partial charge is 0.226 e. The van der Waals surface area contributed by atoms with Crippen molar-refractivity contribution in [3.8, 4) is 5.75 Å². The molecule has 28 heavy (non-hydrogen) atoms. The maximum absolute atomic E-state index is 11.7. The highest BCUT2D eigenvalue weighted by Crippen LogP contribution is 2.27. The lowest BCUT2D eigenvalue weighted by atomic mass is 10.1. The van der Waals surface area contributed by atoms with E-state index in [1.165, 1.54) is 0 Å². The number of carbonyl (C=O) groups is 1. The van der Waals surface area contributed by atoms with Gasteiger partial charge < -0.3 is 14.8 Å². The number of methoxy groups -OCH3 is 1. The fourth-order valence-corrected chi connectivity index (χ4v) is 3.47. The number of nitrogens with one attached hydrogen (secondary N) is 1. The second-order valence-corrected chi connectivity index (χ2v) is 6.92. The Bertz CT molecular complexity index is 983. The Morgan fingerprint density at radius 3 is 2.71 bits per heavy atom. The molecule has 0 spiro atoms. The van der Waals surface area contributed by atoms with Crippen molar-refractivity contribution in [1.29, 1.82) is 0 Å². The maximum Gasteiger partial charge on any atom is 0.226 e. The lowest BCUT2D eigenvalue weighted by Crippen LogP contribution is -2.28. The summed E-state index contributed by atoms with van der Waals surface area (Å²) in [5.41, 5.74) is 1.80. The fraction of sp³-hybridized carbons (Fsp3) is 0.368. The van der Waals surface area contributed by atoms with Crippen molar-refractivity contribution in [3.63, 3.8) is 0 Å². The number of aromatic nitrogens is 4. The first-order valence-corrected chi connectivity index (χ1v) is 9.42. The average molecular weight is 402 g/mol. The summed E-state index contributed by atoms with van der Waals surface area (Å²) in [5, 5.41) is 8.51. The third-order valence-corrected chi connectivity index (χ3v) is 4.93. The summed E-state index contributed by atoms with van der Waals surface area (Å²) in [7, 11) is 1.62. The van der Waals surface area contributed by atoms with Crippen LogP contribution in [0.1, 0.15) is 28.9 Å². The molecule has 0 bridgehead atoms. The molecule has 1 fully saturated rings. The third kappa shape index (κ3) is 3.79. The fourth-order valence-electron chi connectivity index (χ4n) is 3.31. The van der Waals surface area contributed by atoms with E-state index in [1.807, 2.05) is 24.3 Å². The highest BCUT2D eigenvalue weighted by molar-refractivity contribution is 6.29. The molecule has 3 aromatic rings. The quantitative estimate of drug-likeness (QED) is 0.501. The number of halogens is 1. The summed E-state index contributed by atoms with van der Waals surface area (Å²) in [6.07, 6.45) is 2.44. The minimum Gasteiger partial charge on any atom is -0.497 e. The van der Waals surface area contributed by atoms with Gasteiger partial charge in [-0.2, -0.15) is 15.1 Å². The third-order valence-electron chi connectivity index (χ3n) is 4.76. The summed E-state index contributed by atoms with van der Waals surface area (Å²) < 4.78 is 12.3. The van der Waals surface area contributed by atoms with Crippen LogP contribution in [0.5, 0.6) is 5.75 Å². The van der Waals surface area contributed by atoms with Gasteiger partial charge >= 0.3 is 0 Å². The lowest BCUT2D eigenvalue weighted by molar-refractivity contribution is 0.0904. The number of ether oxygens (including phenoxy) is 2. The molecule has 8 nitrogen and oxygen atoms in total. The van der Waals surface area contributed by atoms with Gasteiger partial charge in [0.25, 0.3) is 0 Å². The van der Waals surface area contributed by atoms with E-state index in [9.17, 15) is 4.79 Å². The first kappa shape index (κ1) is 18.6. The molecule has 4 rings (SSSR count). The highest BCUT2D eigenvalue weighted by Gasteiger charge is 2.21. The Balaban J connectivity index is 1.72. The van der Waals surface area contributed by atoms with Gasteiger partial charge in [-0.05, 0) is 42.1 Å². The van der Waals surface area contributed by atoms with Crippen molar-refractivity contribution in [1.82, 2.24) is 19.7 Å². The standard InChI is InChI=1S/C19H20ClN5O3/c1-27-14-4-2-12(3-5-14)10-25-18-16(15(11-26)24-25)17(22-19(20)23-18)21-13-6-8-28-9-7-13/h2-5,11,13H,6-10H2,1H3,(H,21,22,23). The summed E-state index contributed by atoms with van der Waals surface area (Å²) in [5.74, 6) is 1.31. The lowest BCUT2D eigenvalue weighted by Gasteiger charge is -2.23. The number of hydrogen-bond acceptors (Lipinski definition) is 7. The maximum atomic E-state index is 11.7. The monoisotopic (exact) mass is 401 g/mol. The van der Waals surface area contributed by atoms with Crippen LogP contribution in [0.2, 0.25) is 5.28 Å². The van der Waals surface area contributed by atoms with Crippen molar-refractivity contribution in [2.45, 2.75) is 25.4 Å². The van der Waals surface area contributed by atoms with Crippen molar-refractivity contribution in [3.05, 3.63) is 40.8 Å². The Morgan fingerprint density at radius 2 is 2.04 bits per heavy atom. The molecule has 1 N–H and O–H groups in total. The number of aldehydes is 1. The number of hydrogen-bond donors (Lipinski definition) is 1. The molecule has 1 saturated heterocycles. The van der Waals surface area contributed by atoms with Crippen molar-refractivity contribution < 1.29 is 14.3 Å². The van der Waals surface area contributed by atoms with Crippen LogP contribution in [0.4, 0.5) is 5.82 Å². The number of carbonyl (C=O) groups excluding carboxylic acids is 1. The minimum absolute atomic E-state index is 0.107. The van der Waals surface area contributed by atoms with E-state index in [2.05, 4.69) is 20.4 Å². The van der Waals surface area contributed by atoms with Crippen LogP contribution in [0, 0.1) is 0 Å². The van der Waals surface area contributed by atoms with Gasteiger partial charge in [0.2, 0.25) is 5.28 Å². The molecule has 146 valence electrons. The zero-order valence-corrected chi connectivity index (χ0v) is 16.1. The summed E-state index contributed by atoms with van der Waals surface area (Å²) in [6.45, 7) is 1.83. The van der Waals surface area contributed by atoms with Gasteiger partial charge in [0.05, 0.1) is 19.0 Å². The van der Waals surface area contributed by atoms with E-state index >= 15 is 0 Å². The Hall–Kier alpha value is -2.71. The minimum atomic E-state index is 0.107. The van der Waals surface area contributed by atoms with Gasteiger partial charge in [-0.15, -0.1) is 0 Å². The van der Waals surface area contributed by atoms with Crippen molar-refractivity contribution >= 4 is 34.7 Å². The molecule has 0 amide bonds. The Labute approximate surface area is 166 Å². The van der Waals surface area contributed by atoms with Gasteiger partial charge in [-0.1, -0.05) is 12.1 Å². The van der Waals surface area contributed by atoms with Crippen LogP contribution in [-0.2, 0) is 11.3 Å². The number of rotatable bonds is 6. The highest BCUT2D eigenvalue weighted by atomic mass is 35.5. The molecular weight excluding hydrogens is 382 g/mol. The van der Waals surface area contributed by atoms with E-state index < -0.39 is 0 Å². The van der Waals surface area contributed by atoms with Crippen LogP contribution in [-0.4, -0.2) is 52.4 Å². The van der Waals surface area contributed by atoms with E-state index in [0.29, 0.717) is 36.6 Å². The number of anilines is 1. The molecule has 0 radical (unpaired) electrons. The Kier molecular flexibility index (Phi) is 5.40. The second kappa shape index (κ2) is 8.12. The molecule has 0 unspecified atom stereocenters. The van der Waals surface area contributed by atoms with Crippen LogP contribution in [0.25, 0.3) is 11.0 Å². The normalized spacial score (nSPS) is 14.9. The van der Waals surface area contributed by atoms with Gasteiger partial charge in [0.15, 0.2) is 11.9 Å². The molecule has 3 heterocycles. The topological polar surface area (TPSA) is 91.2 Å². The van der Waals surface area contributed by atoms with Gasteiger partial charge in [0.1, 0.15) is 17.3 Å². The second-order valence-electron chi connectivity index (χ2n) is 6.58. The Morgan fingerprint density at radius 1 is 1.29 bits per heavy atom. The molecule has 2 aromatic heterocycles. The molecule has 1 aromatic carbocycles. The van der Waals surface area contributed by atoms with E-state index in [0.717, 1.165) is 30.4 Å². The van der Waals surface area contributed by atoms with Crippen LogP contribution < -0.4 is 10.1 Å². The van der Waals surface area contributed by atoms with E-state index in [1.54, 1.807) is 11.8 Å². The van der Waals surface area contributed by atoms with Crippen molar-refractivity contribution in [2.24, 2.45) is 0 Å². The van der Waals surface area contributed by atoms with Crippen LogP contribution >= 0.6 is 11.6 Å². The van der Waals surface area contributed by atoms with E-state index in [-0.39, 0.29) is 17.0 Å². The molecular formula is C19H20ClN5O3. The summed E-state index contributed by atoms with van der Waals surface area (Å²) in [4.78, 5) is 20.3. The number of fused-ring (bicyclic) bond motifs is 1. The summed E-state index contributed by atoms with van der Waals surface area (Å²) >= 11 is 6.18. The average Bonchev–Trinajstić information content (AvgIpc) is 3.07. The number of nitrogens with zero attached hydrogens (tertiary/aromatic N) is 4. The SMILES string of the molecule is COc1ccc(Cn2nc(C=O)c3c(NC4CCOCC4)nc(Cl)nc32)cc1. The van der Waals surface area contributed by atoms with Gasteiger partial charge in [0, 0.05) is 19.3 Å². The molecule has 0 aliphatic carbocycles. The first-order chi connectivity index (χ1) is 13.7. The van der Waals surface area contributed by atoms with Crippen molar-refractivity contribution in [2.75, 3.05) is 25.6 Å². The molecule has 0 saturated carbocycles. The predicted molar refractivity (Wildman–Crippen MR) is 105 cm³/mol. The zero-order chi connectivity index (χ0) is 19.5. The van der Waals surface area contributed by atoms with E-state index in [4.69, 9.17) is 21.1 Å². The zero-order valence-electron chi connectivity index (χ0n) is 15.4. The van der Waals surface area contributed by atoms with Crippen LogP contribution in [0.3, 0.4) is 0 Å². The first-order valence-electron chi connectivity index (χ1n) is 9.04. The largest absolute Gasteiger partial charge is 0.497 e. The summed E-state index contributed by atoms with van der Waals surface area (Å²) in [6, 6.07) is 7.84. The molecule has 9 heteroatoms. The predicted octanol–water partition coefficient (Wildman–Crippen LogP) is 2.94. The molecule has 1 aliphatic heterocycles. The van der Waals surface area contributed by atoms with Gasteiger partial charge in [-0.3, -0.25) is 4.79 Å². The molecule has 1 aliphatic rings. The number of benzene rings is 1. The van der Waals surface area contributed by atoms with Gasteiger partial charge in [-0.25, -0.2) is 4.68 Å².